The summed E-state index contributed by atoms with van der Waals surface area (Å²) in [5.74, 6) is 0. The van der Waals surface area contributed by atoms with Gasteiger partial charge in [0, 0.05) is 16.9 Å². The first-order chi connectivity index (χ1) is 7.02. The maximum atomic E-state index is 11.3. The van der Waals surface area contributed by atoms with E-state index >= 15 is 0 Å². The van der Waals surface area contributed by atoms with Crippen LogP contribution in [0.5, 0.6) is 0 Å². The quantitative estimate of drug-likeness (QED) is 0.592. The summed E-state index contributed by atoms with van der Waals surface area (Å²) in [5.41, 5.74) is -1.14. The summed E-state index contributed by atoms with van der Waals surface area (Å²) in [6.45, 7) is 8.73. The van der Waals surface area contributed by atoms with Crippen LogP contribution in [0, 0.1) is 15.5 Å². The molecule has 0 aliphatic heterocycles. The van der Waals surface area contributed by atoms with Crippen molar-refractivity contribution in [2.75, 3.05) is 13.1 Å². The highest BCUT2D eigenvalue weighted by Crippen LogP contribution is 2.14. The van der Waals surface area contributed by atoms with Crippen LogP contribution >= 0.6 is 0 Å². The van der Waals surface area contributed by atoms with E-state index in [0.717, 1.165) is 0 Å². The number of ether oxygens (including phenoxy) is 1. The first-order valence-electron chi connectivity index (χ1n) is 5.10. The molecule has 0 aromatic heterocycles. The summed E-state index contributed by atoms with van der Waals surface area (Å²) < 4.78 is 5.02. The average Bonchev–Trinajstić information content (AvgIpc) is 1.95. The number of nitrogens with zero attached hydrogens (tertiary/aromatic N) is 1. The number of hydrogen-bond donors (Lipinski definition) is 1. The minimum atomic E-state index is -0.583. The Hall–Kier alpha value is -1.33. The SMILES string of the molecule is CC(C)(CNC(=O)OC(C)(C)C)C[N+](=O)[O-]. The van der Waals surface area contributed by atoms with E-state index in [1.807, 2.05) is 0 Å². The third-order valence-corrected chi connectivity index (χ3v) is 1.67. The molecule has 0 aliphatic rings. The molecule has 0 saturated carbocycles. The van der Waals surface area contributed by atoms with Crippen LogP contribution in [0.3, 0.4) is 0 Å². The van der Waals surface area contributed by atoms with Gasteiger partial charge in [-0.3, -0.25) is 10.1 Å². The molecule has 0 fully saturated rings. The van der Waals surface area contributed by atoms with Gasteiger partial charge in [-0.2, -0.15) is 0 Å². The topological polar surface area (TPSA) is 81.5 Å². The van der Waals surface area contributed by atoms with Crippen LogP contribution in [0.4, 0.5) is 4.79 Å². The van der Waals surface area contributed by atoms with Crippen molar-refractivity contribution in [3.63, 3.8) is 0 Å². The van der Waals surface area contributed by atoms with Gasteiger partial charge in [-0.15, -0.1) is 0 Å². The molecule has 1 N–H and O–H groups in total. The van der Waals surface area contributed by atoms with Crippen molar-refractivity contribution < 1.29 is 14.5 Å². The fourth-order valence-corrected chi connectivity index (χ4v) is 1.03. The van der Waals surface area contributed by atoms with Gasteiger partial charge in [-0.05, 0) is 20.8 Å². The maximum absolute atomic E-state index is 11.3. The summed E-state index contributed by atoms with van der Waals surface area (Å²) in [7, 11) is 0. The van der Waals surface area contributed by atoms with Crippen molar-refractivity contribution in [2.24, 2.45) is 5.41 Å². The zero-order valence-electron chi connectivity index (χ0n) is 10.5. The van der Waals surface area contributed by atoms with Crippen molar-refractivity contribution in [1.29, 1.82) is 0 Å². The first-order valence-corrected chi connectivity index (χ1v) is 5.10. The third-order valence-electron chi connectivity index (χ3n) is 1.67. The molecule has 0 bridgehead atoms. The molecule has 0 unspecified atom stereocenters. The van der Waals surface area contributed by atoms with Gasteiger partial charge in [0.05, 0.1) is 0 Å². The van der Waals surface area contributed by atoms with Crippen molar-refractivity contribution >= 4 is 6.09 Å². The molecule has 16 heavy (non-hydrogen) atoms. The molecule has 6 nitrogen and oxygen atoms in total. The number of carbonyl (C=O) groups excluding carboxylic acids is 1. The lowest BCUT2D eigenvalue weighted by atomic mass is 9.94. The van der Waals surface area contributed by atoms with E-state index in [1.54, 1.807) is 34.6 Å². The molecule has 0 aromatic rings. The van der Waals surface area contributed by atoms with E-state index in [0.29, 0.717) is 0 Å². The highest BCUT2D eigenvalue weighted by atomic mass is 16.6. The van der Waals surface area contributed by atoms with Crippen molar-refractivity contribution in [2.45, 2.75) is 40.2 Å². The Bertz CT molecular complexity index is 268. The van der Waals surface area contributed by atoms with Gasteiger partial charge in [0.25, 0.3) is 0 Å². The van der Waals surface area contributed by atoms with Gasteiger partial charge in [-0.1, -0.05) is 13.8 Å². The maximum Gasteiger partial charge on any atom is 0.407 e. The van der Waals surface area contributed by atoms with Gasteiger partial charge in [0.2, 0.25) is 6.54 Å². The lowest BCUT2D eigenvalue weighted by Crippen LogP contribution is -2.40. The number of carbonyl (C=O) groups is 1. The van der Waals surface area contributed by atoms with E-state index < -0.39 is 22.0 Å². The molecule has 1 amide bonds. The molecule has 0 radical (unpaired) electrons. The lowest BCUT2D eigenvalue weighted by Gasteiger charge is -2.23. The second-order valence-electron chi connectivity index (χ2n) is 5.51. The second kappa shape index (κ2) is 5.14. The van der Waals surface area contributed by atoms with E-state index in [2.05, 4.69) is 5.32 Å². The van der Waals surface area contributed by atoms with Gasteiger partial charge in [-0.25, -0.2) is 4.79 Å². The molecule has 0 atom stereocenters. The van der Waals surface area contributed by atoms with Crippen LogP contribution in [-0.4, -0.2) is 29.7 Å². The van der Waals surface area contributed by atoms with Crippen LogP contribution in [0.15, 0.2) is 0 Å². The first kappa shape index (κ1) is 14.7. The Balaban J connectivity index is 4.05. The van der Waals surface area contributed by atoms with Gasteiger partial charge in [0.15, 0.2) is 0 Å². The van der Waals surface area contributed by atoms with E-state index in [9.17, 15) is 14.9 Å². The van der Waals surface area contributed by atoms with Gasteiger partial charge < -0.3 is 10.1 Å². The zero-order chi connectivity index (χ0) is 13.0. The molecule has 0 spiro atoms. The fraction of sp³-hybridized carbons (Fsp3) is 0.900. The van der Waals surface area contributed by atoms with Crippen molar-refractivity contribution in [3.05, 3.63) is 10.1 Å². The highest BCUT2D eigenvalue weighted by molar-refractivity contribution is 5.67. The number of nitro groups is 1. The largest absolute Gasteiger partial charge is 0.444 e. The Kier molecular flexibility index (Phi) is 4.71. The molecular weight excluding hydrogens is 212 g/mol. The van der Waals surface area contributed by atoms with Crippen LogP contribution in [0.25, 0.3) is 0 Å². The second-order valence-corrected chi connectivity index (χ2v) is 5.51. The summed E-state index contributed by atoms with van der Waals surface area (Å²) in [6, 6.07) is 0. The Morgan fingerprint density at radius 1 is 1.31 bits per heavy atom. The van der Waals surface area contributed by atoms with Crippen LogP contribution in [0.2, 0.25) is 0 Å². The number of alkyl carbamates (subject to hydrolysis) is 1. The van der Waals surface area contributed by atoms with Crippen molar-refractivity contribution in [1.82, 2.24) is 5.32 Å². The van der Waals surface area contributed by atoms with E-state index in [1.165, 1.54) is 0 Å². The molecule has 0 heterocycles. The summed E-state index contributed by atoms with van der Waals surface area (Å²) in [4.78, 5) is 21.2. The Morgan fingerprint density at radius 2 is 1.81 bits per heavy atom. The zero-order valence-corrected chi connectivity index (χ0v) is 10.5. The van der Waals surface area contributed by atoms with E-state index in [-0.39, 0.29) is 13.1 Å². The lowest BCUT2D eigenvalue weighted by molar-refractivity contribution is -0.495. The Morgan fingerprint density at radius 3 is 2.19 bits per heavy atom. The normalized spacial score (nSPS) is 12.1. The molecule has 0 aromatic carbocycles. The van der Waals surface area contributed by atoms with Gasteiger partial charge in [0.1, 0.15) is 5.60 Å². The standard InChI is InChI=1S/C10H20N2O4/c1-9(2,3)16-8(13)11-6-10(4,5)7-12(14)15/h6-7H2,1-5H3,(H,11,13). The number of hydrogen-bond acceptors (Lipinski definition) is 4. The number of rotatable bonds is 4. The van der Waals surface area contributed by atoms with Crippen molar-refractivity contribution in [3.8, 4) is 0 Å². The summed E-state index contributed by atoms with van der Waals surface area (Å²) in [5, 5.41) is 12.9. The third kappa shape index (κ3) is 8.02. The summed E-state index contributed by atoms with van der Waals surface area (Å²) in [6.07, 6.45) is -0.552. The number of nitrogens with one attached hydrogen (secondary N) is 1. The summed E-state index contributed by atoms with van der Waals surface area (Å²) >= 11 is 0. The minimum Gasteiger partial charge on any atom is -0.444 e. The molecule has 0 saturated heterocycles. The predicted molar refractivity (Wildman–Crippen MR) is 59.9 cm³/mol. The van der Waals surface area contributed by atoms with Crippen LogP contribution < -0.4 is 5.32 Å². The smallest absolute Gasteiger partial charge is 0.407 e. The van der Waals surface area contributed by atoms with Crippen LogP contribution in [0.1, 0.15) is 34.6 Å². The predicted octanol–water partition coefficient (Wildman–Crippen LogP) is 1.81. The minimum absolute atomic E-state index is 0.192. The van der Waals surface area contributed by atoms with E-state index in [4.69, 9.17) is 4.74 Å². The Labute approximate surface area is 95.5 Å². The molecule has 0 rings (SSSR count). The molecule has 6 heteroatoms. The molecule has 0 aliphatic carbocycles. The number of amides is 1. The van der Waals surface area contributed by atoms with Crippen LogP contribution in [-0.2, 0) is 4.74 Å². The molecular formula is C10H20N2O4. The fourth-order valence-electron chi connectivity index (χ4n) is 1.03. The molecule has 94 valence electrons. The van der Waals surface area contributed by atoms with Gasteiger partial charge >= 0.3 is 6.09 Å². The average molecular weight is 232 g/mol. The highest BCUT2D eigenvalue weighted by Gasteiger charge is 2.26. The monoisotopic (exact) mass is 232 g/mol.